The number of aromatic nitrogens is 2. The van der Waals surface area contributed by atoms with Crippen LogP contribution in [-0.2, 0) is 0 Å². The molecule has 0 aliphatic heterocycles. The van der Waals surface area contributed by atoms with Crippen molar-refractivity contribution < 1.29 is 4.39 Å². The van der Waals surface area contributed by atoms with Gasteiger partial charge in [0, 0.05) is 33.5 Å². The van der Waals surface area contributed by atoms with E-state index in [0.29, 0.717) is 15.9 Å². The third-order valence-corrected chi connectivity index (χ3v) is 3.09. The molecule has 0 aliphatic carbocycles. The van der Waals surface area contributed by atoms with Gasteiger partial charge in [0.1, 0.15) is 5.82 Å². The molecule has 0 saturated carbocycles. The molecular formula is C13H13BrFN3. The molecule has 0 fully saturated rings. The predicted octanol–water partition coefficient (Wildman–Crippen LogP) is 3.37. The molecule has 0 spiro atoms. The molecule has 0 bridgehead atoms. The normalized spacial score (nSPS) is 12.5. The third kappa shape index (κ3) is 2.73. The molecule has 0 radical (unpaired) electrons. The van der Waals surface area contributed by atoms with Crippen molar-refractivity contribution >= 4 is 15.9 Å². The molecule has 1 aromatic heterocycles. The number of benzene rings is 1. The molecule has 0 saturated heterocycles. The van der Waals surface area contributed by atoms with Crippen molar-refractivity contribution in [2.24, 2.45) is 5.73 Å². The number of rotatable bonds is 2. The summed E-state index contributed by atoms with van der Waals surface area (Å²) in [5, 5.41) is 0. The van der Waals surface area contributed by atoms with Crippen molar-refractivity contribution in [1.82, 2.24) is 9.97 Å². The second kappa shape index (κ2) is 5.12. The maximum absolute atomic E-state index is 13.3. The van der Waals surface area contributed by atoms with Gasteiger partial charge in [0.15, 0.2) is 5.82 Å². The SMILES string of the molecule is Cc1nc(-c2cc(F)cc(Br)c2)ncc1[C@H](C)N. The summed E-state index contributed by atoms with van der Waals surface area (Å²) in [5.74, 6) is 0.175. The van der Waals surface area contributed by atoms with Gasteiger partial charge < -0.3 is 5.73 Å². The van der Waals surface area contributed by atoms with Gasteiger partial charge in [-0.25, -0.2) is 14.4 Å². The van der Waals surface area contributed by atoms with Crippen molar-refractivity contribution in [2.45, 2.75) is 19.9 Å². The highest BCUT2D eigenvalue weighted by molar-refractivity contribution is 9.10. The first kappa shape index (κ1) is 13.1. The van der Waals surface area contributed by atoms with Gasteiger partial charge in [0.2, 0.25) is 0 Å². The fraction of sp³-hybridized carbons (Fsp3) is 0.231. The van der Waals surface area contributed by atoms with E-state index in [1.54, 1.807) is 12.3 Å². The summed E-state index contributed by atoms with van der Waals surface area (Å²) in [4.78, 5) is 8.60. The number of hydrogen-bond acceptors (Lipinski definition) is 3. The Bertz CT molecular complexity index is 564. The molecule has 1 aromatic carbocycles. The summed E-state index contributed by atoms with van der Waals surface area (Å²) in [5.41, 5.74) is 8.16. The van der Waals surface area contributed by atoms with Crippen molar-refractivity contribution in [1.29, 1.82) is 0 Å². The van der Waals surface area contributed by atoms with Crippen LogP contribution in [0.5, 0.6) is 0 Å². The minimum atomic E-state index is -0.322. The van der Waals surface area contributed by atoms with E-state index in [-0.39, 0.29) is 11.9 Å². The first-order chi connectivity index (χ1) is 8.47. The summed E-state index contributed by atoms with van der Waals surface area (Å²) >= 11 is 3.25. The zero-order valence-corrected chi connectivity index (χ0v) is 11.7. The lowest BCUT2D eigenvalue weighted by atomic mass is 10.1. The monoisotopic (exact) mass is 309 g/mol. The Labute approximate surface area is 113 Å². The van der Waals surface area contributed by atoms with Crippen LogP contribution < -0.4 is 5.73 Å². The lowest BCUT2D eigenvalue weighted by Crippen LogP contribution is -2.09. The van der Waals surface area contributed by atoms with Gasteiger partial charge in [0.05, 0.1) is 0 Å². The van der Waals surface area contributed by atoms with Crippen LogP contribution in [0, 0.1) is 12.7 Å². The molecule has 2 aromatic rings. The van der Waals surface area contributed by atoms with E-state index in [1.165, 1.54) is 12.1 Å². The van der Waals surface area contributed by atoms with Crippen molar-refractivity contribution in [3.05, 3.63) is 45.9 Å². The van der Waals surface area contributed by atoms with Gasteiger partial charge in [-0.3, -0.25) is 0 Å². The van der Waals surface area contributed by atoms with Gasteiger partial charge in [0.25, 0.3) is 0 Å². The molecule has 5 heteroatoms. The molecule has 94 valence electrons. The number of nitrogens with zero attached hydrogens (tertiary/aromatic N) is 2. The minimum absolute atomic E-state index is 0.113. The molecule has 0 aliphatic rings. The topological polar surface area (TPSA) is 51.8 Å². The zero-order chi connectivity index (χ0) is 13.3. The fourth-order valence-electron chi connectivity index (χ4n) is 1.75. The predicted molar refractivity (Wildman–Crippen MR) is 72.5 cm³/mol. The summed E-state index contributed by atoms with van der Waals surface area (Å²) in [6, 6.07) is 4.47. The lowest BCUT2D eigenvalue weighted by Gasteiger charge is -2.10. The highest BCUT2D eigenvalue weighted by Gasteiger charge is 2.09. The average Bonchev–Trinajstić information content (AvgIpc) is 2.26. The first-order valence-corrected chi connectivity index (χ1v) is 6.32. The van der Waals surface area contributed by atoms with Crippen molar-refractivity contribution in [2.75, 3.05) is 0 Å². The summed E-state index contributed by atoms with van der Waals surface area (Å²) in [7, 11) is 0. The number of hydrogen-bond donors (Lipinski definition) is 1. The molecule has 1 atom stereocenters. The molecule has 2 rings (SSSR count). The average molecular weight is 310 g/mol. The standard InChI is InChI=1S/C13H13BrFN3/c1-7(16)12-6-17-13(18-8(12)2)9-3-10(14)5-11(15)4-9/h3-7H,16H2,1-2H3/t7-/m0/s1. The summed E-state index contributed by atoms with van der Waals surface area (Å²) < 4.78 is 14.0. The fourth-order valence-corrected chi connectivity index (χ4v) is 2.21. The maximum Gasteiger partial charge on any atom is 0.159 e. The molecule has 0 unspecified atom stereocenters. The Morgan fingerprint density at radius 3 is 2.61 bits per heavy atom. The Kier molecular flexibility index (Phi) is 3.73. The van der Waals surface area contributed by atoms with Crippen LogP contribution in [0.3, 0.4) is 0 Å². The quantitative estimate of drug-likeness (QED) is 0.925. The first-order valence-electron chi connectivity index (χ1n) is 5.53. The van der Waals surface area contributed by atoms with Gasteiger partial charge in [-0.2, -0.15) is 0 Å². The third-order valence-electron chi connectivity index (χ3n) is 2.63. The molecule has 0 amide bonds. The highest BCUT2D eigenvalue weighted by atomic mass is 79.9. The Balaban J connectivity index is 2.48. The van der Waals surface area contributed by atoms with Crippen LogP contribution in [0.4, 0.5) is 4.39 Å². The van der Waals surface area contributed by atoms with Crippen molar-refractivity contribution in [3.63, 3.8) is 0 Å². The van der Waals surface area contributed by atoms with E-state index in [2.05, 4.69) is 25.9 Å². The zero-order valence-electron chi connectivity index (χ0n) is 10.1. The number of nitrogens with two attached hydrogens (primary N) is 1. The second-order valence-corrected chi connectivity index (χ2v) is 5.10. The summed E-state index contributed by atoms with van der Waals surface area (Å²) in [6.45, 7) is 3.75. The van der Waals surface area contributed by atoms with Crippen LogP contribution in [0.15, 0.2) is 28.9 Å². The molecule has 3 nitrogen and oxygen atoms in total. The van der Waals surface area contributed by atoms with Crippen LogP contribution in [0.1, 0.15) is 24.2 Å². The summed E-state index contributed by atoms with van der Waals surface area (Å²) in [6.07, 6.45) is 1.70. The molecule has 2 N–H and O–H groups in total. The second-order valence-electron chi connectivity index (χ2n) is 4.18. The smallest absolute Gasteiger partial charge is 0.159 e. The Morgan fingerprint density at radius 1 is 1.33 bits per heavy atom. The van der Waals surface area contributed by atoms with E-state index in [4.69, 9.17) is 5.73 Å². The molecule has 18 heavy (non-hydrogen) atoms. The molecular weight excluding hydrogens is 297 g/mol. The number of halogens is 2. The van der Waals surface area contributed by atoms with E-state index in [9.17, 15) is 4.39 Å². The van der Waals surface area contributed by atoms with E-state index in [1.807, 2.05) is 13.8 Å². The van der Waals surface area contributed by atoms with Crippen molar-refractivity contribution in [3.8, 4) is 11.4 Å². The van der Waals surface area contributed by atoms with Crippen LogP contribution in [0.25, 0.3) is 11.4 Å². The molecule has 1 heterocycles. The van der Waals surface area contributed by atoms with E-state index < -0.39 is 0 Å². The Hall–Kier alpha value is -1.33. The maximum atomic E-state index is 13.3. The van der Waals surface area contributed by atoms with Crippen LogP contribution >= 0.6 is 15.9 Å². The van der Waals surface area contributed by atoms with E-state index in [0.717, 1.165) is 11.3 Å². The lowest BCUT2D eigenvalue weighted by molar-refractivity contribution is 0.627. The van der Waals surface area contributed by atoms with Crippen LogP contribution in [0.2, 0.25) is 0 Å². The van der Waals surface area contributed by atoms with Gasteiger partial charge in [-0.15, -0.1) is 0 Å². The van der Waals surface area contributed by atoms with Gasteiger partial charge in [-0.1, -0.05) is 15.9 Å². The van der Waals surface area contributed by atoms with Crippen LogP contribution in [-0.4, -0.2) is 9.97 Å². The number of aryl methyl sites for hydroxylation is 1. The Morgan fingerprint density at radius 2 is 2.06 bits per heavy atom. The largest absolute Gasteiger partial charge is 0.324 e. The van der Waals surface area contributed by atoms with Gasteiger partial charge in [-0.05, 0) is 32.0 Å². The van der Waals surface area contributed by atoms with E-state index >= 15 is 0 Å². The minimum Gasteiger partial charge on any atom is -0.324 e. The van der Waals surface area contributed by atoms with Gasteiger partial charge >= 0.3 is 0 Å². The highest BCUT2D eigenvalue weighted by Crippen LogP contribution is 2.23.